The maximum Gasteiger partial charge on any atom is 0.209 e. The lowest BCUT2D eigenvalue weighted by Crippen LogP contribution is -2.38. The highest BCUT2D eigenvalue weighted by atomic mass is 32.2. The molecule has 1 aromatic rings. The molecular formula is C10H21N5S2. The molecule has 0 aromatic carbocycles. The van der Waals surface area contributed by atoms with Gasteiger partial charge in [0.1, 0.15) is 0 Å². The maximum atomic E-state index is 4.03. The summed E-state index contributed by atoms with van der Waals surface area (Å²) in [5.41, 5.74) is 0.139. The predicted octanol–water partition coefficient (Wildman–Crippen LogP) is 1.52. The van der Waals surface area contributed by atoms with Crippen molar-refractivity contribution in [2.24, 2.45) is 0 Å². The predicted molar refractivity (Wildman–Crippen MR) is 74.7 cm³/mol. The zero-order valence-corrected chi connectivity index (χ0v) is 12.6. The first-order valence-corrected chi connectivity index (χ1v) is 8.04. The Bertz CT molecular complexity index is 321. The fourth-order valence-corrected chi connectivity index (χ4v) is 2.75. The number of tetrazole rings is 1. The van der Waals surface area contributed by atoms with Crippen LogP contribution in [0.4, 0.5) is 0 Å². The highest BCUT2D eigenvalue weighted by molar-refractivity contribution is 8.02. The summed E-state index contributed by atoms with van der Waals surface area (Å²) in [6.07, 6.45) is 2.11. The third-order valence-electron chi connectivity index (χ3n) is 2.00. The Hall–Kier alpha value is -0.270. The van der Waals surface area contributed by atoms with Gasteiger partial charge in [0.05, 0.1) is 6.54 Å². The standard InChI is InChI=1S/C10H21N5S2/c1-10(2,3)11-5-6-15-9(12-13-14-15)17-8-7-16-4/h11H,5-8H2,1-4H3. The zero-order valence-electron chi connectivity index (χ0n) is 10.9. The van der Waals surface area contributed by atoms with Crippen molar-refractivity contribution < 1.29 is 0 Å². The molecule has 1 rings (SSSR count). The van der Waals surface area contributed by atoms with Crippen LogP contribution in [0.25, 0.3) is 0 Å². The maximum absolute atomic E-state index is 4.03. The third-order valence-corrected chi connectivity index (χ3v) is 3.83. The van der Waals surface area contributed by atoms with Gasteiger partial charge >= 0.3 is 0 Å². The first-order chi connectivity index (χ1) is 8.03. The van der Waals surface area contributed by atoms with Gasteiger partial charge in [-0.15, -0.1) is 5.10 Å². The van der Waals surface area contributed by atoms with E-state index in [0.29, 0.717) is 0 Å². The Balaban J connectivity index is 2.35. The molecule has 0 saturated carbocycles. The van der Waals surface area contributed by atoms with Crippen molar-refractivity contribution in [3.8, 4) is 0 Å². The molecule has 0 amide bonds. The molecule has 0 bridgehead atoms. The molecule has 0 saturated heterocycles. The SMILES string of the molecule is CSCCSc1nnnn1CCNC(C)(C)C. The van der Waals surface area contributed by atoms with Gasteiger partial charge in [-0.3, -0.25) is 0 Å². The van der Waals surface area contributed by atoms with Gasteiger partial charge in [-0.1, -0.05) is 11.8 Å². The molecule has 0 fully saturated rings. The van der Waals surface area contributed by atoms with Crippen LogP contribution in [0.3, 0.4) is 0 Å². The van der Waals surface area contributed by atoms with Crippen molar-refractivity contribution >= 4 is 23.5 Å². The summed E-state index contributed by atoms with van der Waals surface area (Å²) >= 11 is 3.55. The molecule has 0 atom stereocenters. The Morgan fingerprint density at radius 3 is 2.71 bits per heavy atom. The van der Waals surface area contributed by atoms with Crippen LogP contribution in [0.1, 0.15) is 20.8 Å². The fraction of sp³-hybridized carbons (Fsp3) is 0.900. The Morgan fingerprint density at radius 2 is 2.06 bits per heavy atom. The van der Waals surface area contributed by atoms with Gasteiger partial charge in [0.2, 0.25) is 5.16 Å². The molecule has 17 heavy (non-hydrogen) atoms. The number of hydrogen-bond donors (Lipinski definition) is 1. The summed E-state index contributed by atoms with van der Waals surface area (Å²) in [5, 5.41) is 16.1. The molecule has 0 radical (unpaired) electrons. The van der Waals surface area contributed by atoms with Crippen LogP contribution in [-0.2, 0) is 6.54 Å². The zero-order chi connectivity index (χ0) is 12.7. The second kappa shape index (κ2) is 7.23. The van der Waals surface area contributed by atoms with E-state index >= 15 is 0 Å². The van der Waals surface area contributed by atoms with Crippen molar-refractivity contribution in [2.45, 2.75) is 38.0 Å². The van der Waals surface area contributed by atoms with E-state index in [4.69, 9.17) is 0 Å². The summed E-state index contributed by atoms with van der Waals surface area (Å²) in [7, 11) is 0. The molecule has 7 heteroatoms. The monoisotopic (exact) mass is 275 g/mol. The van der Waals surface area contributed by atoms with Crippen molar-refractivity contribution in [3.63, 3.8) is 0 Å². The summed E-state index contributed by atoms with van der Waals surface area (Å²) in [6.45, 7) is 8.15. The van der Waals surface area contributed by atoms with Crippen molar-refractivity contribution in [2.75, 3.05) is 24.3 Å². The van der Waals surface area contributed by atoms with Gasteiger partial charge in [0.15, 0.2) is 0 Å². The van der Waals surface area contributed by atoms with E-state index in [9.17, 15) is 0 Å². The van der Waals surface area contributed by atoms with E-state index < -0.39 is 0 Å². The topological polar surface area (TPSA) is 55.6 Å². The minimum Gasteiger partial charge on any atom is -0.310 e. The number of hydrogen-bond acceptors (Lipinski definition) is 6. The van der Waals surface area contributed by atoms with E-state index in [1.165, 1.54) is 0 Å². The number of thioether (sulfide) groups is 2. The number of rotatable bonds is 7. The second-order valence-corrected chi connectivity index (χ2v) is 6.75. The Morgan fingerprint density at radius 1 is 1.29 bits per heavy atom. The van der Waals surface area contributed by atoms with Gasteiger partial charge in [-0.25, -0.2) is 4.68 Å². The van der Waals surface area contributed by atoms with E-state index in [2.05, 4.69) is 47.9 Å². The normalized spacial score (nSPS) is 12.0. The minimum absolute atomic E-state index is 0.139. The van der Waals surface area contributed by atoms with Gasteiger partial charge in [0.25, 0.3) is 0 Å². The number of nitrogens with zero attached hydrogens (tertiary/aromatic N) is 4. The average Bonchev–Trinajstić information content (AvgIpc) is 2.64. The lowest BCUT2D eigenvalue weighted by molar-refractivity contribution is 0.396. The Labute approximate surface area is 111 Å². The van der Waals surface area contributed by atoms with Crippen molar-refractivity contribution in [3.05, 3.63) is 0 Å². The third kappa shape index (κ3) is 6.28. The fourth-order valence-electron chi connectivity index (χ4n) is 1.19. The number of nitrogens with one attached hydrogen (secondary N) is 1. The number of aromatic nitrogens is 4. The van der Waals surface area contributed by atoms with Crippen LogP contribution in [0.5, 0.6) is 0 Å². The van der Waals surface area contributed by atoms with E-state index in [1.807, 2.05) is 16.4 Å². The molecule has 0 unspecified atom stereocenters. The molecule has 0 spiro atoms. The average molecular weight is 275 g/mol. The van der Waals surface area contributed by atoms with E-state index in [0.717, 1.165) is 29.8 Å². The van der Waals surface area contributed by atoms with Gasteiger partial charge in [-0.2, -0.15) is 11.8 Å². The van der Waals surface area contributed by atoms with Gasteiger partial charge in [0, 0.05) is 23.6 Å². The summed E-state index contributed by atoms with van der Waals surface area (Å²) < 4.78 is 1.86. The quantitative estimate of drug-likeness (QED) is 0.601. The molecule has 1 heterocycles. The van der Waals surface area contributed by atoms with Crippen LogP contribution in [-0.4, -0.2) is 50.1 Å². The molecule has 0 aliphatic carbocycles. The molecule has 0 aliphatic heterocycles. The van der Waals surface area contributed by atoms with Crippen molar-refractivity contribution in [1.82, 2.24) is 25.5 Å². The largest absolute Gasteiger partial charge is 0.310 e. The van der Waals surface area contributed by atoms with Crippen LogP contribution < -0.4 is 5.32 Å². The van der Waals surface area contributed by atoms with Crippen molar-refractivity contribution in [1.29, 1.82) is 0 Å². The summed E-state index contributed by atoms with van der Waals surface area (Å²) in [4.78, 5) is 0. The molecule has 1 aromatic heterocycles. The molecule has 5 nitrogen and oxygen atoms in total. The smallest absolute Gasteiger partial charge is 0.209 e. The van der Waals surface area contributed by atoms with Crippen LogP contribution in [0.2, 0.25) is 0 Å². The lowest BCUT2D eigenvalue weighted by Gasteiger charge is -2.20. The van der Waals surface area contributed by atoms with E-state index in [1.54, 1.807) is 11.8 Å². The van der Waals surface area contributed by atoms with E-state index in [-0.39, 0.29) is 5.54 Å². The molecule has 1 N–H and O–H groups in total. The van der Waals surface area contributed by atoms with Gasteiger partial charge < -0.3 is 5.32 Å². The van der Waals surface area contributed by atoms with Crippen LogP contribution >= 0.6 is 23.5 Å². The molecule has 98 valence electrons. The highest BCUT2D eigenvalue weighted by Crippen LogP contribution is 2.14. The molecular weight excluding hydrogens is 254 g/mol. The molecule has 0 aliphatic rings. The van der Waals surface area contributed by atoms with Gasteiger partial charge in [-0.05, 0) is 37.5 Å². The van der Waals surface area contributed by atoms with Crippen LogP contribution in [0, 0.1) is 0 Å². The lowest BCUT2D eigenvalue weighted by atomic mass is 10.1. The summed E-state index contributed by atoms with van der Waals surface area (Å²) in [5.74, 6) is 2.17. The summed E-state index contributed by atoms with van der Waals surface area (Å²) in [6, 6.07) is 0. The highest BCUT2D eigenvalue weighted by Gasteiger charge is 2.10. The second-order valence-electron chi connectivity index (χ2n) is 4.70. The minimum atomic E-state index is 0.139. The Kier molecular flexibility index (Phi) is 6.29. The van der Waals surface area contributed by atoms with Crippen LogP contribution in [0.15, 0.2) is 5.16 Å². The first kappa shape index (κ1) is 14.8. The first-order valence-electron chi connectivity index (χ1n) is 5.66.